The van der Waals surface area contributed by atoms with Gasteiger partial charge in [-0.15, -0.1) is 0 Å². The first-order valence-corrected chi connectivity index (χ1v) is 8.71. The summed E-state index contributed by atoms with van der Waals surface area (Å²) in [5.41, 5.74) is 3.71. The minimum atomic E-state index is -0.316. The molecule has 0 spiro atoms. The van der Waals surface area contributed by atoms with Gasteiger partial charge >= 0.3 is 0 Å². The van der Waals surface area contributed by atoms with Crippen LogP contribution in [0.15, 0.2) is 88.7 Å². The van der Waals surface area contributed by atoms with Gasteiger partial charge in [0.1, 0.15) is 0 Å². The molecule has 0 saturated carbocycles. The number of benzene rings is 1. The predicted octanol–water partition coefficient (Wildman–Crippen LogP) is 4.05. The van der Waals surface area contributed by atoms with Gasteiger partial charge in [0.25, 0.3) is 11.5 Å². The standard InChI is InChI=1S/C22H17N3O3/c1-15-9-10-23-13-19(15)17-7-8-21(26)25(14-17)18-5-2-4-16(12-18)22(27)24-20-6-3-11-28-20/h2-14H,1H3,(H,24,27). The number of carbonyl (C=O) groups excluding carboxylic acids is 1. The predicted molar refractivity (Wildman–Crippen MR) is 107 cm³/mol. The first kappa shape index (κ1) is 17.5. The summed E-state index contributed by atoms with van der Waals surface area (Å²) in [6, 6.07) is 15.4. The third-order valence-corrected chi connectivity index (χ3v) is 4.41. The zero-order valence-corrected chi connectivity index (χ0v) is 15.1. The highest BCUT2D eigenvalue weighted by molar-refractivity contribution is 6.03. The maximum Gasteiger partial charge on any atom is 0.258 e. The molecule has 0 aliphatic rings. The molecule has 28 heavy (non-hydrogen) atoms. The van der Waals surface area contributed by atoms with Gasteiger partial charge in [-0.2, -0.15) is 0 Å². The molecule has 4 rings (SSSR count). The molecular formula is C22H17N3O3. The molecule has 6 heteroatoms. The smallest absolute Gasteiger partial charge is 0.258 e. The van der Waals surface area contributed by atoms with Crippen molar-refractivity contribution in [1.29, 1.82) is 0 Å². The van der Waals surface area contributed by atoms with Gasteiger partial charge in [-0.25, -0.2) is 0 Å². The number of pyridine rings is 2. The summed E-state index contributed by atoms with van der Waals surface area (Å²) in [5, 5.41) is 2.67. The molecule has 1 aromatic carbocycles. The Morgan fingerprint density at radius 3 is 2.79 bits per heavy atom. The van der Waals surface area contributed by atoms with E-state index in [2.05, 4.69) is 10.3 Å². The quantitative estimate of drug-likeness (QED) is 0.587. The molecule has 3 heterocycles. The minimum absolute atomic E-state index is 0.186. The summed E-state index contributed by atoms with van der Waals surface area (Å²) < 4.78 is 6.66. The molecule has 138 valence electrons. The number of aryl methyl sites for hydroxylation is 1. The first-order chi connectivity index (χ1) is 13.6. The van der Waals surface area contributed by atoms with Crippen LogP contribution < -0.4 is 10.9 Å². The normalized spacial score (nSPS) is 10.6. The summed E-state index contributed by atoms with van der Waals surface area (Å²) in [6.45, 7) is 1.99. The lowest BCUT2D eigenvalue weighted by Crippen LogP contribution is -2.18. The second-order valence-electron chi connectivity index (χ2n) is 6.30. The van der Waals surface area contributed by atoms with E-state index in [0.29, 0.717) is 17.1 Å². The van der Waals surface area contributed by atoms with E-state index in [-0.39, 0.29) is 11.5 Å². The van der Waals surface area contributed by atoms with E-state index in [9.17, 15) is 9.59 Å². The summed E-state index contributed by atoms with van der Waals surface area (Å²) in [4.78, 5) is 29.1. The van der Waals surface area contributed by atoms with E-state index in [0.717, 1.165) is 16.7 Å². The fraction of sp³-hybridized carbons (Fsp3) is 0.0455. The fourth-order valence-corrected chi connectivity index (χ4v) is 2.95. The van der Waals surface area contributed by atoms with Gasteiger partial charge in [-0.05, 0) is 48.9 Å². The molecule has 0 radical (unpaired) electrons. The highest BCUT2D eigenvalue weighted by Gasteiger charge is 2.11. The summed E-state index contributed by atoms with van der Waals surface area (Å²) >= 11 is 0. The SMILES string of the molecule is Cc1ccncc1-c1ccc(=O)n(-c2cccc(C(=O)Nc3ccco3)c2)c1. The van der Waals surface area contributed by atoms with E-state index >= 15 is 0 Å². The van der Waals surface area contributed by atoms with Crippen LogP contribution in [0.25, 0.3) is 16.8 Å². The molecule has 0 saturated heterocycles. The van der Waals surface area contributed by atoms with E-state index < -0.39 is 0 Å². The average Bonchev–Trinajstić information content (AvgIpc) is 3.22. The summed E-state index contributed by atoms with van der Waals surface area (Å²) in [6.07, 6.45) is 6.75. The molecule has 0 unspecified atom stereocenters. The molecule has 3 aromatic heterocycles. The molecule has 0 aliphatic carbocycles. The number of furan rings is 1. The van der Waals surface area contributed by atoms with Gasteiger partial charge in [-0.3, -0.25) is 24.5 Å². The minimum Gasteiger partial charge on any atom is -0.449 e. The molecule has 6 nitrogen and oxygen atoms in total. The highest BCUT2D eigenvalue weighted by atomic mass is 16.3. The molecule has 4 aromatic rings. The fourth-order valence-electron chi connectivity index (χ4n) is 2.95. The van der Waals surface area contributed by atoms with Crippen LogP contribution in [0.1, 0.15) is 15.9 Å². The van der Waals surface area contributed by atoms with Gasteiger partial charge < -0.3 is 4.42 Å². The largest absolute Gasteiger partial charge is 0.449 e. The zero-order chi connectivity index (χ0) is 19.5. The molecule has 0 atom stereocenters. The van der Waals surface area contributed by atoms with Crippen molar-refractivity contribution in [3.8, 4) is 16.8 Å². The van der Waals surface area contributed by atoms with Crippen LogP contribution in [0, 0.1) is 6.92 Å². The Hall–Kier alpha value is -3.93. The van der Waals surface area contributed by atoms with Crippen LogP contribution in [-0.4, -0.2) is 15.5 Å². The number of nitrogens with zero attached hydrogens (tertiary/aromatic N) is 2. The van der Waals surface area contributed by atoms with Gasteiger partial charge in [0.05, 0.1) is 6.26 Å². The molecule has 1 N–H and O–H groups in total. The number of anilines is 1. The van der Waals surface area contributed by atoms with Crippen molar-refractivity contribution in [2.24, 2.45) is 0 Å². The number of carbonyl (C=O) groups is 1. The maximum atomic E-state index is 12.5. The second kappa shape index (κ2) is 7.36. The van der Waals surface area contributed by atoms with Crippen LogP contribution in [-0.2, 0) is 0 Å². The lowest BCUT2D eigenvalue weighted by atomic mass is 10.1. The number of rotatable bonds is 4. The van der Waals surface area contributed by atoms with Gasteiger partial charge in [0.2, 0.25) is 0 Å². The summed E-state index contributed by atoms with van der Waals surface area (Å²) in [7, 11) is 0. The van der Waals surface area contributed by atoms with E-state index in [1.54, 1.807) is 61.1 Å². The van der Waals surface area contributed by atoms with E-state index in [4.69, 9.17) is 4.42 Å². The van der Waals surface area contributed by atoms with Gasteiger partial charge in [-0.1, -0.05) is 6.07 Å². The number of aromatic nitrogens is 2. The molecule has 0 aliphatic heterocycles. The Morgan fingerprint density at radius 2 is 2.00 bits per heavy atom. The number of hydrogen-bond donors (Lipinski definition) is 1. The molecule has 0 bridgehead atoms. The lowest BCUT2D eigenvalue weighted by molar-refractivity contribution is 0.102. The number of nitrogens with one attached hydrogen (secondary N) is 1. The van der Waals surface area contributed by atoms with Gasteiger partial charge in [0.15, 0.2) is 5.88 Å². The van der Waals surface area contributed by atoms with Crippen LogP contribution in [0.4, 0.5) is 5.88 Å². The Labute approximate surface area is 161 Å². The lowest BCUT2D eigenvalue weighted by Gasteiger charge is -2.11. The van der Waals surface area contributed by atoms with Crippen molar-refractivity contribution in [2.75, 3.05) is 5.32 Å². The van der Waals surface area contributed by atoms with Crippen molar-refractivity contribution in [3.05, 3.63) is 101 Å². The summed E-state index contributed by atoms with van der Waals surface area (Å²) in [5.74, 6) is 0.0470. The number of amides is 1. The Kier molecular flexibility index (Phi) is 4.60. The zero-order valence-electron chi connectivity index (χ0n) is 15.1. The van der Waals surface area contributed by atoms with E-state index in [1.165, 1.54) is 16.9 Å². The Balaban J connectivity index is 1.71. The van der Waals surface area contributed by atoms with Crippen molar-refractivity contribution in [1.82, 2.24) is 9.55 Å². The maximum absolute atomic E-state index is 12.5. The van der Waals surface area contributed by atoms with Crippen LogP contribution in [0.2, 0.25) is 0 Å². The van der Waals surface area contributed by atoms with Crippen molar-refractivity contribution in [3.63, 3.8) is 0 Å². The van der Waals surface area contributed by atoms with Crippen molar-refractivity contribution in [2.45, 2.75) is 6.92 Å². The third-order valence-electron chi connectivity index (χ3n) is 4.41. The average molecular weight is 371 g/mol. The first-order valence-electron chi connectivity index (χ1n) is 8.71. The molecule has 1 amide bonds. The van der Waals surface area contributed by atoms with Crippen molar-refractivity contribution < 1.29 is 9.21 Å². The van der Waals surface area contributed by atoms with Gasteiger partial charge in [0, 0.05) is 53.1 Å². The van der Waals surface area contributed by atoms with Crippen LogP contribution in [0.3, 0.4) is 0 Å². The highest BCUT2D eigenvalue weighted by Crippen LogP contribution is 2.22. The third kappa shape index (κ3) is 3.48. The van der Waals surface area contributed by atoms with E-state index in [1.807, 2.05) is 13.0 Å². The molecule has 0 fully saturated rings. The Morgan fingerprint density at radius 1 is 1.11 bits per heavy atom. The topological polar surface area (TPSA) is 77.1 Å². The Bertz CT molecular complexity index is 1190. The van der Waals surface area contributed by atoms with Crippen LogP contribution >= 0.6 is 0 Å². The monoisotopic (exact) mass is 371 g/mol. The second-order valence-corrected chi connectivity index (χ2v) is 6.30. The molecular weight excluding hydrogens is 354 g/mol. The van der Waals surface area contributed by atoms with Crippen molar-refractivity contribution >= 4 is 11.8 Å². The number of hydrogen-bond acceptors (Lipinski definition) is 4. The van der Waals surface area contributed by atoms with Crippen LogP contribution in [0.5, 0.6) is 0 Å².